The van der Waals surface area contributed by atoms with Gasteiger partial charge in [-0.1, -0.05) is 17.7 Å². The summed E-state index contributed by atoms with van der Waals surface area (Å²) in [5.41, 5.74) is 1.99. The van der Waals surface area contributed by atoms with Gasteiger partial charge < -0.3 is 20.3 Å². The number of carbonyl (C=O) groups is 2. The van der Waals surface area contributed by atoms with Crippen molar-refractivity contribution in [1.29, 1.82) is 0 Å². The van der Waals surface area contributed by atoms with E-state index >= 15 is 0 Å². The molecular formula is C26H21ClFN5O3. The molecule has 1 saturated heterocycles. The molecule has 36 heavy (non-hydrogen) atoms. The number of nitrogens with zero attached hydrogens (tertiary/aromatic N) is 3. The molecule has 1 aliphatic rings. The summed E-state index contributed by atoms with van der Waals surface area (Å²) in [7, 11) is 0. The second-order valence-corrected chi connectivity index (χ2v) is 8.58. The zero-order valence-corrected chi connectivity index (χ0v) is 19.8. The average molecular weight is 506 g/mol. The van der Waals surface area contributed by atoms with Crippen molar-refractivity contribution in [2.45, 2.75) is 0 Å². The summed E-state index contributed by atoms with van der Waals surface area (Å²) in [6.45, 7) is 2.63. The second kappa shape index (κ2) is 10.3. The van der Waals surface area contributed by atoms with Crippen LogP contribution in [0.1, 0.15) is 15.9 Å². The summed E-state index contributed by atoms with van der Waals surface area (Å²) in [5, 5.41) is 5.72. The molecule has 10 heteroatoms. The highest BCUT2D eigenvalue weighted by molar-refractivity contribution is 6.30. The van der Waals surface area contributed by atoms with E-state index in [2.05, 4.69) is 25.5 Å². The summed E-state index contributed by atoms with van der Waals surface area (Å²) in [6, 6.07) is 14.8. The molecule has 0 radical (unpaired) electrons. The summed E-state index contributed by atoms with van der Waals surface area (Å²) in [5.74, 6) is -0.542. The van der Waals surface area contributed by atoms with Gasteiger partial charge in [-0.3, -0.25) is 9.78 Å². The third kappa shape index (κ3) is 5.27. The van der Waals surface area contributed by atoms with Crippen molar-refractivity contribution in [3.63, 3.8) is 0 Å². The van der Waals surface area contributed by atoms with Crippen LogP contribution in [0, 0.1) is 5.82 Å². The first kappa shape index (κ1) is 23.7. The second-order valence-electron chi connectivity index (χ2n) is 8.14. The van der Waals surface area contributed by atoms with E-state index in [0.29, 0.717) is 53.9 Å². The van der Waals surface area contributed by atoms with E-state index in [-0.39, 0.29) is 16.8 Å². The molecule has 1 aliphatic heterocycles. The SMILES string of the molecule is O=C(Nc1cccc(Cl)c1)Nc1ccc(F)c(C(=O)c2ccc3ncc(N4CCOCC4)nc3c2)c1. The lowest BCUT2D eigenvalue weighted by molar-refractivity contribution is 0.103. The van der Waals surface area contributed by atoms with Gasteiger partial charge in [-0.2, -0.15) is 0 Å². The topological polar surface area (TPSA) is 96.5 Å². The number of nitrogens with one attached hydrogen (secondary N) is 2. The van der Waals surface area contributed by atoms with Crippen LogP contribution < -0.4 is 15.5 Å². The Balaban J connectivity index is 1.37. The number of urea groups is 1. The lowest BCUT2D eigenvalue weighted by Crippen LogP contribution is -2.36. The molecule has 0 atom stereocenters. The number of hydrogen-bond donors (Lipinski definition) is 2. The predicted octanol–water partition coefficient (Wildman–Crippen LogP) is 5.13. The fourth-order valence-corrected chi connectivity index (χ4v) is 4.07. The highest BCUT2D eigenvalue weighted by Crippen LogP contribution is 2.23. The molecular weight excluding hydrogens is 485 g/mol. The normalized spacial score (nSPS) is 13.4. The van der Waals surface area contributed by atoms with Crippen molar-refractivity contribution in [2.24, 2.45) is 0 Å². The van der Waals surface area contributed by atoms with Gasteiger partial charge >= 0.3 is 6.03 Å². The van der Waals surface area contributed by atoms with E-state index in [1.807, 2.05) is 0 Å². The van der Waals surface area contributed by atoms with E-state index in [4.69, 9.17) is 16.3 Å². The van der Waals surface area contributed by atoms with Crippen molar-refractivity contribution in [3.8, 4) is 0 Å². The van der Waals surface area contributed by atoms with Crippen LogP contribution in [0.25, 0.3) is 11.0 Å². The number of benzene rings is 3. The third-order valence-corrected chi connectivity index (χ3v) is 5.91. The molecule has 0 aliphatic carbocycles. The van der Waals surface area contributed by atoms with Gasteiger partial charge in [0.05, 0.1) is 36.0 Å². The minimum atomic E-state index is -0.700. The third-order valence-electron chi connectivity index (χ3n) is 5.68. The molecule has 2 N–H and O–H groups in total. The Morgan fingerprint density at radius 1 is 0.944 bits per heavy atom. The quantitative estimate of drug-likeness (QED) is 0.365. The van der Waals surface area contributed by atoms with Gasteiger partial charge in [-0.15, -0.1) is 0 Å². The number of hydrogen-bond acceptors (Lipinski definition) is 6. The lowest BCUT2D eigenvalue weighted by Gasteiger charge is -2.27. The summed E-state index contributed by atoms with van der Waals surface area (Å²) < 4.78 is 20.0. The Kier molecular flexibility index (Phi) is 6.75. The van der Waals surface area contributed by atoms with Crippen LogP contribution in [-0.2, 0) is 4.74 Å². The van der Waals surface area contributed by atoms with Gasteiger partial charge in [-0.05, 0) is 54.6 Å². The van der Waals surface area contributed by atoms with Crippen molar-refractivity contribution >= 4 is 51.6 Å². The number of anilines is 3. The van der Waals surface area contributed by atoms with Crippen LogP contribution in [0.15, 0.2) is 66.9 Å². The van der Waals surface area contributed by atoms with Crippen LogP contribution in [0.4, 0.5) is 26.4 Å². The Morgan fingerprint density at radius 2 is 1.72 bits per heavy atom. The number of carbonyl (C=O) groups excluding carboxylic acids is 2. The fraction of sp³-hybridized carbons (Fsp3) is 0.154. The highest BCUT2D eigenvalue weighted by atomic mass is 35.5. The number of halogens is 2. The van der Waals surface area contributed by atoms with Gasteiger partial charge in [0, 0.05) is 35.1 Å². The summed E-state index contributed by atoms with van der Waals surface area (Å²) in [4.78, 5) is 36.7. The van der Waals surface area contributed by atoms with Crippen LogP contribution in [-0.4, -0.2) is 48.1 Å². The molecule has 1 aromatic heterocycles. The molecule has 0 bridgehead atoms. The minimum absolute atomic E-state index is 0.174. The number of ketones is 1. The van der Waals surface area contributed by atoms with E-state index in [0.717, 1.165) is 6.07 Å². The molecule has 0 saturated carbocycles. The molecule has 5 rings (SSSR count). The molecule has 182 valence electrons. The van der Waals surface area contributed by atoms with Gasteiger partial charge in [0.2, 0.25) is 0 Å². The van der Waals surface area contributed by atoms with Crippen LogP contribution in [0.5, 0.6) is 0 Å². The number of fused-ring (bicyclic) bond motifs is 1. The van der Waals surface area contributed by atoms with Crippen LogP contribution in [0.2, 0.25) is 5.02 Å². The molecule has 1 fully saturated rings. The fourth-order valence-electron chi connectivity index (χ4n) is 3.88. The number of morpholine rings is 1. The Morgan fingerprint density at radius 3 is 2.50 bits per heavy atom. The monoisotopic (exact) mass is 505 g/mol. The minimum Gasteiger partial charge on any atom is -0.378 e. The number of aromatic nitrogens is 2. The van der Waals surface area contributed by atoms with Crippen LogP contribution in [0.3, 0.4) is 0 Å². The van der Waals surface area contributed by atoms with Gasteiger partial charge in [-0.25, -0.2) is 14.2 Å². The van der Waals surface area contributed by atoms with E-state index < -0.39 is 17.6 Å². The Labute approximate surface area is 211 Å². The largest absolute Gasteiger partial charge is 0.378 e. The number of ether oxygens (including phenoxy) is 1. The Bertz CT molecular complexity index is 1460. The molecule has 0 spiro atoms. The van der Waals surface area contributed by atoms with Crippen molar-refractivity contribution in [2.75, 3.05) is 41.8 Å². The zero-order chi connectivity index (χ0) is 25.1. The van der Waals surface area contributed by atoms with Gasteiger partial charge in [0.1, 0.15) is 11.6 Å². The molecule has 2 amide bonds. The van der Waals surface area contributed by atoms with Crippen molar-refractivity contribution in [1.82, 2.24) is 9.97 Å². The summed E-state index contributed by atoms with van der Waals surface area (Å²) in [6.07, 6.45) is 1.69. The van der Waals surface area contributed by atoms with Crippen molar-refractivity contribution in [3.05, 3.63) is 88.8 Å². The maximum atomic E-state index is 14.6. The molecule has 4 aromatic rings. The Hall–Kier alpha value is -4.08. The van der Waals surface area contributed by atoms with E-state index in [1.54, 1.807) is 48.7 Å². The molecule has 8 nitrogen and oxygen atoms in total. The highest BCUT2D eigenvalue weighted by Gasteiger charge is 2.18. The van der Waals surface area contributed by atoms with Gasteiger partial charge in [0.25, 0.3) is 0 Å². The van der Waals surface area contributed by atoms with Crippen LogP contribution >= 0.6 is 11.6 Å². The molecule has 3 aromatic carbocycles. The summed E-state index contributed by atoms with van der Waals surface area (Å²) >= 11 is 5.94. The lowest BCUT2D eigenvalue weighted by atomic mass is 10.0. The average Bonchev–Trinajstić information content (AvgIpc) is 2.89. The zero-order valence-electron chi connectivity index (χ0n) is 19.0. The number of rotatable bonds is 5. The van der Waals surface area contributed by atoms with Gasteiger partial charge in [0.15, 0.2) is 5.78 Å². The first-order chi connectivity index (χ1) is 17.5. The van der Waals surface area contributed by atoms with Crippen molar-refractivity contribution < 1.29 is 18.7 Å². The first-order valence-corrected chi connectivity index (χ1v) is 11.6. The maximum absolute atomic E-state index is 14.6. The number of amides is 2. The predicted molar refractivity (Wildman–Crippen MR) is 136 cm³/mol. The first-order valence-electron chi connectivity index (χ1n) is 11.2. The van der Waals surface area contributed by atoms with E-state index in [9.17, 15) is 14.0 Å². The maximum Gasteiger partial charge on any atom is 0.323 e. The standard InChI is InChI=1S/C26H21ClFN5O3/c27-17-2-1-3-18(13-17)30-26(35)31-19-5-6-21(28)20(14-19)25(34)16-4-7-22-23(12-16)32-24(15-29-22)33-8-10-36-11-9-33/h1-7,12-15H,8-11H2,(H2,30,31,35). The van der Waals surface area contributed by atoms with E-state index in [1.165, 1.54) is 12.1 Å². The smallest absolute Gasteiger partial charge is 0.323 e. The molecule has 2 heterocycles. The molecule has 0 unspecified atom stereocenters.